The van der Waals surface area contributed by atoms with Crippen LogP contribution in [0.1, 0.15) is 65.7 Å². The number of benzene rings is 1. The standard InChI is InChI=1S/C24H36ClN3O3/c1-16(15-24(3,4)5)13-21(29)28(11-8-12-31-7)17(2)22-26-20-14-18(25)9-10-19(20)23(30)27(22)6/h9-10,14,16-17H,8,11-13,15H2,1-7H3. The summed E-state index contributed by atoms with van der Waals surface area (Å²) >= 11 is 6.12. The van der Waals surface area contributed by atoms with E-state index in [-0.39, 0.29) is 28.8 Å². The average Bonchev–Trinajstić information content (AvgIpc) is 2.65. The Morgan fingerprint density at radius 2 is 1.97 bits per heavy atom. The topological polar surface area (TPSA) is 64.4 Å². The first-order valence-corrected chi connectivity index (χ1v) is 11.3. The predicted molar refractivity (Wildman–Crippen MR) is 126 cm³/mol. The van der Waals surface area contributed by atoms with Crippen LogP contribution in [0.4, 0.5) is 0 Å². The highest BCUT2D eigenvalue weighted by Crippen LogP contribution is 2.28. The van der Waals surface area contributed by atoms with Crippen LogP contribution in [0.25, 0.3) is 10.9 Å². The second-order valence-corrected chi connectivity index (χ2v) is 10.1. The van der Waals surface area contributed by atoms with Gasteiger partial charge >= 0.3 is 0 Å². The van der Waals surface area contributed by atoms with Crippen LogP contribution in [0.3, 0.4) is 0 Å². The van der Waals surface area contributed by atoms with Crippen molar-refractivity contribution in [2.45, 2.75) is 59.9 Å². The van der Waals surface area contributed by atoms with Crippen molar-refractivity contribution in [3.8, 4) is 0 Å². The van der Waals surface area contributed by atoms with Crippen LogP contribution in [0.15, 0.2) is 23.0 Å². The summed E-state index contributed by atoms with van der Waals surface area (Å²) in [4.78, 5) is 32.8. The molecule has 2 rings (SSSR count). The number of rotatable bonds is 9. The SMILES string of the molecule is COCCCN(C(=O)CC(C)CC(C)(C)C)C(C)c1nc2cc(Cl)ccc2c(=O)n1C. The van der Waals surface area contributed by atoms with Crippen LogP contribution >= 0.6 is 11.6 Å². The van der Waals surface area contributed by atoms with Gasteiger partial charge in [-0.15, -0.1) is 0 Å². The van der Waals surface area contributed by atoms with Gasteiger partial charge < -0.3 is 9.64 Å². The van der Waals surface area contributed by atoms with E-state index in [4.69, 9.17) is 21.3 Å². The van der Waals surface area contributed by atoms with Crippen LogP contribution in [-0.4, -0.2) is 40.6 Å². The van der Waals surface area contributed by atoms with Crippen molar-refractivity contribution in [1.82, 2.24) is 14.5 Å². The van der Waals surface area contributed by atoms with Gasteiger partial charge in [0.05, 0.1) is 16.9 Å². The summed E-state index contributed by atoms with van der Waals surface area (Å²) in [6.07, 6.45) is 2.14. The maximum atomic E-state index is 13.3. The fraction of sp³-hybridized carbons (Fsp3) is 0.625. The first-order chi connectivity index (χ1) is 14.4. The number of halogens is 1. The Bertz CT molecular complexity index is 965. The maximum absolute atomic E-state index is 13.3. The van der Waals surface area contributed by atoms with E-state index in [0.29, 0.717) is 47.7 Å². The molecule has 1 heterocycles. The van der Waals surface area contributed by atoms with Crippen LogP contribution in [0.5, 0.6) is 0 Å². The smallest absolute Gasteiger partial charge is 0.261 e. The van der Waals surface area contributed by atoms with E-state index in [1.807, 2.05) is 11.8 Å². The van der Waals surface area contributed by atoms with Gasteiger partial charge in [-0.25, -0.2) is 4.98 Å². The number of ether oxygens (including phenoxy) is 1. The normalized spacial score (nSPS) is 13.9. The third kappa shape index (κ3) is 6.78. The summed E-state index contributed by atoms with van der Waals surface area (Å²) in [5, 5.41) is 1.04. The molecule has 31 heavy (non-hydrogen) atoms. The molecule has 1 amide bonds. The molecule has 0 N–H and O–H groups in total. The molecule has 0 aliphatic carbocycles. The highest BCUT2D eigenvalue weighted by atomic mass is 35.5. The molecule has 0 spiro atoms. The summed E-state index contributed by atoms with van der Waals surface area (Å²) in [5.74, 6) is 0.881. The Balaban J connectivity index is 2.38. The molecule has 1 aromatic heterocycles. The largest absolute Gasteiger partial charge is 0.385 e. The second kappa shape index (κ2) is 10.6. The molecular formula is C24H36ClN3O3. The lowest BCUT2D eigenvalue weighted by atomic mass is 9.84. The Morgan fingerprint density at radius 3 is 2.58 bits per heavy atom. The van der Waals surface area contributed by atoms with Crippen LogP contribution < -0.4 is 5.56 Å². The summed E-state index contributed by atoms with van der Waals surface area (Å²) in [6, 6.07) is 4.72. The van der Waals surface area contributed by atoms with Gasteiger partial charge in [0, 0.05) is 38.8 Å². The van der Waals surface area contributed by atoms with Crippen molar-refractivity contribution >= 4 is 28.4 Å². The third-order valence-corrected chi connectivity index (χ3v) is 5.70. The van der Waals surface area contributed by atoms with E-state index >= 15 is 0 Å². The Labute approximate surface area is 190 Å². The van der Waals surface area contributed by atoms with Gasteiger partial charge in [-0.05, 0) is 49.3 Å². The van der Waals surface area contributed by atoms with Crippen molar-refractivity contribution < 1.29 is 9.53 Å². The molecule has 6 nitrogen and oxygen atoms in total. The summed E-state index contributed by atoms with van der Waals surface area (Å²) in [7, 11) is 3.36. The van der Waals surface area contributed by atoms with E-state index in [2.05, 4.69) is 27.7 Å². The second-order valence-electron chi connectivity index (χ2n) is 9.68. The van der Waals surface area contributed by atoms with Crippen molar-refractivity contribution in [2.24, 2.45) is 18.4 Å². The van der Waals surface area contributed by atoms with Gasteiger partial charge in [0.2, 0.25) is 5.91 Å². The van der Waals surface area contributed by atoms with E-state index in [1.54, 1.807) is 32.4 Å². The molecule has 0 aliphatic heterocycles. The van der Waals surface area contributed by atoms with E-state index in [9.17, 15) is 9.59 Å². The molecule has 172 valence electrons. The molecule has 0 radical (unpaired) electrons. The Hall–Kier alpha value is -1.92. The first-order valence-electron chi connectivity index (χ1n) is 10.9. The van der Waals surface area contributed by atoms with Crippen molar-refractivity contribution in [2.75, 3.05) is 20.3 Å². The van der Waals surface area contributed by atoms with E-state index in [1.165, 1.54) is 4.57 Å². The maximum Gasteiger partial charge on any atom is 0.261 e. The molecule has 0 aliphatic rings. The fourth-order valence-electron chi connectivity index (χ4n) is 4.22. The molecule has 0 bridgehead atoms. The number of carbonyl (C=O) groups is 1. The number of hydrogen-bond acceptors (Lipinski definition) is 4. The highest BCUT2D eigenvalue weighted by Gasteiger charge is 2.27. The van der Waals surface area contributed by atoms with Crippen LogP contribution in [0, 0.1) is 11.3 Å². The number of nitrogens with zero attached hydrogens (tertiary/aromatic N) is 3. The molecule has 2 unspecified atom stereocenters. The number of carbonyl (C=O) groups excluding carboxylic acids is 1. The van der Waals surface area contributed by atoms with Gasteiger partial charge in [0.1, 0.15) is 5.82 Å². The van der Waals surface area contributed by atoms with Gasteiger partial charge in [-0.2, -0.15) is 0 Å². The fourth-order valence-corrected chi connectivity index (χ4v) is 4.39. The van der Waals surface area contributed by atoms with Crippen molar-refractivity contribution in [1.29, 1.82) is 0 Å². The first kappa shape index (κ1) is 25.3. The minimum Gasteiger partial charge on any atom is -0.385 e. The van der Waals surface area contributed by atoms with Gasteiger partial charge in [0.15, 0.2) is 0 Å². The van der Waals surface area contributed by atoms with Gasteiger partial charge in [-0.3, -0.25) is 14.2 Å². The molecule has 0 saturated heterocycles. The van der Waals surface area contributed by atoms with Gasteiger partial charge in [0.25, 0.3) is 5.56 Å². The van der Waals surface area contributed by atoms with Crippen molar-refractivity contribution in [3.63, 3.8) is 0 Å². The number of aromatic nitrogens is 2. The van der Waals surface area contributed by atoms with E-state index < -0.39 is 0 Å². The molecule has 0 fully saturated rings. The monoisotopic (exact) mass is 449 g/mol. The summed E-state index contributed by atoms with van der Waals surface area (Å²) in [5.41, 5.74) is 0.562. The molecule has 0 saturated carbocycles. The Morgan fingerprint density at radius 1 is 1.29 bits per heavy atom. The zero-order valence-electron chi connectivity index (χ0n) is 19.9. The molecule has 2 atom stereocenters. The van der Waals surface area contributed by atoms with Crippen LogP contribution in [-0.2, 0) is 16.6 Å². The molecule has 2 aromatic rings. The predicted octanol–water partition coefficient (Wildman–Crippen LogP) is 4.98. The molecule has 7 heteroatoms. The zero-order valence-corrected chi connectivity index (χ0v) is 20.6. The van der Waals surface area contributed by atoms with Gasteiger partial charge in [-0.1, -0.05) is 39.3 Å². The highest BCUT2D eigenvalue weighted by molar-refractivity contribution is 6.31. The third-order valence-electron chi connectivity index (χ3n) is 5.47. The quantitative estimate of drug-likeness (QED) is 0.506. The lowest BCUT2D eigenvalue weighted by Gasteiger charge is -2.32. The Kier molecular flexibility index (Phi) is 8.66. The average molecular weight is 450 g/mol. The summed E-state index contributed by atoms with van der Waals surface area (Å²) in [6.45, 7) is 11.7. The number of methoxy groups -OCH3 is 1. The minimum atomic E-state index is -0.354. The minimum absolute atomic E-state index is 0.0702. The number of amides is 1. The number of fused-ring (bicyclic) bond motifs is 1. The number of hydrogen-bond donors (Lipinski definition) is 0. The lowest BCUT2D eigenvalue weighted by Crippen LogP contribution is -2.39. The van der Waals surface area contributed by atoms with E-state index in [0.717, 1.165) is 6.42 Å². The molecule has 1 aromatic carbocycles. The van der Waals surface area contributed by atoms with Crippen LogP contribution in [0.2, 0.25) is 5.02 Å². The lowest BCUT2D eigenvalue weighted by molar-refractivity contribution is -0.134. The van der Waals surface area contributed by atoms with Crippen molar-refractivity contribution in [3.05, 3.63) is 39.4 Å². The summed E-state index contributed by atoms with van der Waals surface area (Å²) < 4.78 is 6.73. The molecular weight excluding hydrogens is 414 g/mol. The zero-order chi connectivity index (χ0) is 23.3.